The van der Waals surface area contributed by atoms with Crippen molar-refractivity contribution in [2.24, 2.45) is 0 Å². The average Bonchev–Trinajstić information content (AvgIpc) is 2.45. The van der Waals surface area contributed by atoms with Gasteiger partial charge >= 0.3 is 0 Å². The van der Waals surface area contributed by atoms with Crippen molar-refractivity contribution in [3.05, 3.63) is 29.8 Å². The standard InChI is InChI=1S/C15H20N2O3S/c1-17-10-4-8-14(12-17)16-21(19,20)15-9-3-2-6-13(15)7-5-11-18/h2-3,6,9,14,16,18H,4,8,10-12H2,1H3. The van der Waals surface area contributed by atoms with E-state index >= 15 is 0 Å². The zero-order valence-corrected chi connectivity index (χ0v) is 12.9. The summed E-state index contributed by atoms with van der Waals surface area (Å²) in [5, 5.41) is 8.77. The van der Waals surface area contributed by atoms with E-state index in [0.29, 0.717) is 12.1 Å². The molecule has 1 aliphatic rings. The van der Waals surface area contributed by atoms with Gasteiger partial charge in [0, 0.05) is 18.2 Å². The molecule has 0 saturated carbocycles. The molecule has 0 spiro atoms. The molecule has 0 amide bonds. The SMILES string of the molecule is CN1CCCC(NS(=O)(=O)c2ccccc2C#CCO)C1. The highest BCUT2D eigenvalue weighted by atomic mass is 32.2. The van der Waals surface area contributed by atoms with Crippen LogP contribution in [0.5, 0.6) is 0 Å². The Bertz CT molecular complexity index is 646. The van der Waals surface area contributed by atoms with Crippen molar-refractivity contribution in [2.45, 2.75) is 23.8 Å². The highest BCUT2D eigenvalue weighted by Gasteiger charge is 2.25. The summed E-state index contributed by atoms with van der Waals surface area (Å²) in [6.45, 7) is 1.41. The molecule has 0 bridgehead atoms. The average molecular weight is 308 g/mol. The quantitative estimate of drug-likeness (QED) is 0.793. The third-order valence-corrected chi connectivity index (χ3v) is 5.00. The van der Waals surface area contributed by atoms with Crippen molar-refractivity contribution in [3.63, 3.8) is 0 Å². The van der Waals surface area contributed by atoms with E-state index in [4.69, 9.17) is 5.11 Å². The molecule has 1 fully saturated rings. The fourth-order valence-corrected chi connectivity index (χ4v) is 3.91. The zero-order valence-electron chi connectivity index (χ0n) is 12.0. The lowest BCUT2D eigenvalue weighted by Gasteiger charge is -2.30. The number of aliphatic hydroxyl groups excluding tert-OH is 1. The predicted octanol–water partition coefficient (Wildman–Crippen LogP) is 0.403. The minimum Gasteiger partial charge on any atom is -0.384 e. The van der Waals surface area contributed by atoms with Crippen molar-refractivity contribution in [1.29, 1.82) is 0 Å². The maximum atomic E-state index is 12.5. The molecule has 2 N–H and O–H groups in total. The normalized spacial score (nSPS) is 19.8. The largest absolute Gasteiger partial charge is 0.384 e. The monoisotopic (exact) mass is 308 g/mol. The molecule has 1 heterocycles. The van der Waals surface area contributed by atoms with E-state index < -0.39 is 10.0 Å². The Morgan fingerprint density at radius 1 is 1.43 bits per heavy atom. The maximum Gasteiger partial charge on any atom is 0.242 e. The summed E-state index contributed by atoms with van der Waals surface area (Å²) < 4.78 is 27.8. The van der Waals surface area contributed by atoms with E-state index in [2.05, 4.69) is 21.5 Å². The summed E-state index contributed by atoms with van der Waals surface area (Å²) in [7, 11) is -1.62. The lowest BCUT2D eigenvalue weighted by atomic mass is 10.1. The van der Waals surface area contributed by atoms with Crippen LogP contribution in [0.2, 0.25) is 0 Å². The first-order valence-electron chi connectivity index (χ1n) is 6.92. The minimum atomic E-state index is -3.61. The lowest BCUT2D eigenvalue weighted by molar-refractivity contribution is 0.242. The number of likely N-dealkylation sites (N-methyl/N-ethyl adjacent to an activating group) is 1. The maximum absolute atomic E-state index is 12.5. The third-order valence-electron chi connectivity index (χ3n) is 3.42. The fourth-order valence-electron chi connectivity index (χ4n) is 2.48. The van der Waals surface area contributed by atoms with Gasteiger partial charge in [0.25, 0.3) is 0 Å². The molecule has 1 aliphatic heterocycles. The van der Waals surface area contributed by atoms with Gasteiger partial charge in [0.05, 0.1) is 4.90 Å². The molecule has 6 heteroatoms. The number of piperidine rings is 1. The molecule has 1 aromatic rings. The minimum absolute atomic E-state index is 0.0763. The van der Waals surface area contributed by atoms with E-state index in [0.717, 1.165) is 19.4 Å². The van der Waals surface area contributed by atoms with Gasteiger partial charge in [-0.25, -0.2) is 13.1 Å². The van der Waals surface area contributed by atoms with E-state index in [-0.39, 0.29) is 17.5 Å². The van der Waals surface area contributed by atoms with Crippen molar-refractivity contribution >= 4 is 10.0 Å². The van der Waals surface area contributed by atoms with Crippen LogP contribution in [0.1, 0.15) is 18.4 Å². The molecule has 1 unspecified atom stereocenters. The van der Waals surface area contributed by atoms with Gasteiger partial charge in [-0.2, -0.15) is 0 Å². The van der Waals surface area contributed by atoms with Gasteiger partial charge in [-0.15, -0.1) is 0 Å². The second-order valence-corrected chi connectivity index (χ2v) is 6.86. The van der Waals surface area contributed by atoms with Crippen molar-refractivity contribution in [3.8, 4) is 11.8 Å². The van der Waals surface area contributed by atoms with Crippen LogP contribution in [0.25, 0.3) is 0 Å². The summed E-state index contributed by atoms with van der Waals surface area (Å²) in [5.74, 6) is 5.18. The first-order chi connectivity index (χ1) is 10.0. The highest BCUT2D eigenvalue weighted by Crippen LogP contribution is 2.17. The fraction of sp³-hybridized carbons (Fsp3) is 0.467. The number of likely N-dealkylation sites (tertiary alicyclic amines) is 1. The molecule has 1 atom stereocenters. The molecular weight excluding hydrogens is 288 g/mol. The number of hydrogen-bond acceptors (Lipinski definition) is 4. The molecule has 1 saturated heterocycles. The Morgan fingerprint density at radius 3 is 2.90 bits per heavy atom. The summed E-state index contributed by atoms with van der Waals surface area (Å²) in [4.78, 5) is 2.29. The molecule has 1 aromatic carbocycles. The van der Waals surface area contributed by atoms with Crippen LogP contribution in [0.15, 0.2) is 29.2 Å². The Labute approximate surface area is 126 Å². The molecule has 0 aromatic heterocycles. The number of rotatable bonds is 3. The van der Waals surface area contributed by atoms with Gasteiger partial charge in [-0.05, 0) is 38.6 Å². The summed E-state index contributed by atoms with van der Waals surface area (Å²) >= 11 is 0. The van der Waals surface area contributed by atoms with Crippen LogP contribution in [-0.2, 0) is 10.0 Å². The van der Waals surface area contributed by atoms with Gasteiger partial charge in [0.15, 0.2) is 0 Å². The highest BCUT2D eigenvalue weighted by molar-refractivity contribution is 7.89. The topological polar surface area (TPSA) is 69.6 Å². The summed E-state index contributed by atoms with van der Waals surface area (Å²) in [5.41, 5.74) is 0.406. The number of aliphatic hydroxyl groups is 1. The van der Waals surface area contributed by atoms with E-state index in [1.807, 2.05) is 7.05 Å². The van der Waals surface area contributed by atoms with Gasteiger partial charge < -0.3 is 10.0 Å². The Morgan fingerprint density at radius 2 is 2.19 bits per heavy atom. The molecule has 0 aliphatic carbocycles. The van der Waals surface area contributed by atoms with Crippen LogP contribution in [-0.4, -0.2) is 51.2 Å². The lowest BCUT2D eigenvalue weighted by Crippen LogP contribution is -2.46. The molecule has 21 heavy (non-hydrogen) atoms. The number of benzene rings is 1. The summed E-state index contributed by atoms with van der Waals surface area (Å²) in [6, 6.07) is 6.51. The van der Waals surface area contributed by atoms with E-state index in [1.54, 1.807) is 18.2 Å². The van der Waals surface area contributed by atoms with Crippen molar-refractivity contribution < 1.29 is 13.5 Å². The second-order valence-electron chi connectivity index (χ2n) is 5.18. The van der Waals surface area contributed by atoms with Gasteiger partial charge in [0.1, 0.15) is 6.61 Å². The van der Waals surface area contributed by atoms with Crippen LogP contribution >= 0.6 is 0 Å². The molecule has 2 rings (SSSR count). The third kappa shape index (κ3) is 4.29. The summed E-state index contributed by atoms with van der Waals surface area (Å²) in [6.07, 6.45) is 1.82. The Balaban J connectivity index is 2.23. The number of sulfonamides is 1. The number of nitrogens with zero attached hydrogens (tertiary/aromatic N) is 1. The molecule has 114 valence electrons. The predicted molar refractivity (Wildman–Crippen MR) is 81.2 cm³/mol. The zero-order chi connectivity index (χ0) is 15.3. The second kappa shape index (κ2) is 7.05. The van der Waals surface area contributed by atoms with Crippen molar-refractivity contribution in [2.75, 3.05) is 26.7 Å². The van der Waals surface area contributed by atoms with Crippen molar-refractivity contribution in [1.82, 2.24) is 9.62 Å². The molecular formula is C15H20N2O3S. The first kappa shape index (κ1) is 16.0. The van der Waals surface area contributed by atoms with E-state index in [1.165, 1.54) is 6.07 Å². The Kier molecular flexibility index (Phi) is 5.37. The van der Waals surface area contributed by atoms with Crippen LogP contribution in [0, 0.1) is 11.8 Å². The molecule has 5 nitrogen and oxygen atoms in total. The van der Waals surface area contributed by atoms with Crippen LogP contribution < -0.4 is 4.72 Å². The van der Waals surface area contributed by atoms with Gasteiger partial charge in [-0.1, -0.05) is 24.0 Å². The van der Waals surface area contributed by atoms with Crippen LogP contribution in [0.4, 0.5) is 0 Å². The number of hydrogen-bond donors (Lipinski definition) is 2. The number of nitrogens with one attached hydrogen (secondary N) is 1. The van der Waals surface area contributed by atoms with Gasteiger partial charge in [0.2, 0.25) is 10.0 Å². The van der Waals surface area contributed by atoms with Gasteiger partial charge in [-0.3, -0.25) is 0 Å². The van der Waals surface area contributed by atoms with Crippen LogP contribution in [0.3, 0.4) is 0 Å². The molecule has 0 radical (unpaired) electrons. The Hall–Kier alpha value is -1.39. The van der Waals surface area contributed by atoms with E-state index in [9.17, 15) is 8.42 Å². The smallest absolute Gasteiger partial charge is 0.242 e. The first-order valence-corrected chi connectivity index (χ1v) is 8.41.